The number of ether oxygens (including phenoxy) is 1. The van der Waals surface area contributed by atoms with E-state index < -0.39 is 5.82 Å². The average Bonchev–Trinajstić information content (AvgIpc) is 2.92. The molecular weight excluding hydrogens is 247 g/mol. The van der Waals surface area contributed by atoms with Crippen LogP contribution in [0.15, 0.2) is 18.2 Å². The van der Waals surface area contributed by atoms with Crippen molar-refractivity contribution in [3.8, 4) is 0 Å². The maximum absolute atomic E-state index is 13.7. The molecule has 0 aromatic heterocycles. The fourth-order valence-electron chi connectivity index (χ4n) is 2.18. The predicted octanol–water partition coefficient (Wildman–Crippen LogP) is 2.17. The van der Waals surface area contributed by atoms with E-state index in [4.69, 9.17) is 4.74 Å². The molecule has 0 spiro atoms. The van der Waals surface area contributed by atoms with Crippen LogP contribution in [0.4, 0.5) is 10.1 Å². The summed E-state index contributed by atoms with van der Waals surface area (Å²) in [5, 5.41) is 5.68. The number of rotatable bonds is 5. The Kier molecular flexibility index (Phi) is 4.74. The maximum atomic E-state index is 13.7. The Bertz CT molecular complexity index is 445. The molecular formula is C14H19FN2O2. The molecule has 0 radical (unpaired) electrons. The number of halogens is 1. The number of benzene rings is 1. The van der Waals surface area contributed by atoms with Gasteiger partial charge in [0.25, 0.3) is 5.91 Å². The van der Waals surface area contributed by atoms with Gasteiger partial charge in [-0.3, -0.25) is 4.79 Å². The topological polar surface area (TPSA) is 50.4 Å². The van der Waals surface area contributed by atoms with Crippen LogP contribution in [0.1, 0.15) is 30.1 Å². The standard InChI is InChI=1S/C14H19FN2O2/c1-2-16-13-11(6-3-7-12(13)15)14(18)17-9-10-5-4-8-19-10/h3,6-7,10,16H,2,4-5,8-9H2,1H3,(H,17,18). The smallest absolute Gasteiger partial charge is 0.253 e. The molecule has 0 saturated carbocycles. The van der Waals surface area contributed by atoms with Crippen LogP contribution in [-0.2, 0) is 4.74 Å². The summed E-state index contributed by atoms with van der Waals surface area (Å²) in [6, 6.07) is 4.50. The fourth-order valence-corrected chi connectivity index (χ4v) is 2.18. The number of carbonyl (C=O) groups is 1. The van der Waals surface area contributed by atoms with Gasteiger partial charge < -0.3 is 15.4 Å². The van der Waals surface area contributed by atoms with E-state index in [2.05, 4.69) is 10.6 Å². The molecule has 1 aromatic carbocycles. The second kappa shape index (κ2) is 6.52. The van der Waals surface area contributed by atoms with Crippen molar-refractivity contribution in [3.63, 3.8) is 0 Å². The van der Waals surface area contributed by atoms with Gasteiger partial charge >= 0.3 is 0 Å². The Morgan fingerprint density at radius 3 is 3.05 bits per heavy atom. The zero-order valence-corrected chi connectivity index (χ0v) is 11.0. The summed E-state index contributed by atoms with van der Waals surface area (Å²) < 4.78 is 19.1. The van der Waals surface area contributed by atoms with E-state index in [1.807, 2.05) is 6.92 Å². The molecule has 1 atom stereocenters. The maximum Gasteiger partial charge on any atom is 0.253 e. The highest BCUT2D eigenvalue weighted by atomic mass is 19.1. The first-order valence-corrected chi connectivity index (χ1v) is 6.64. The zero-order valence-electron chi connectivity index (χ0n) is 11.0. The monoisotopic (exact) mass is 266 g/mol. The largest absolute Gasteiger partial charge is 0.382 e. The van der Waals surface area contributed by atoms with Crippen LogP contribution < -0.4 is 10.6 Å². The number of anilines is 1. The Hall–Kier alpha value is -1.62. The molecule has 1 unspecified atom stereocenters. The summed E-state index contributed by atoms with van der Waals surface area (Å²) in [6.45, 7) is 3.65. The van der Waals surface area contributed by atoms with Crippen LogP contribution in [0.5, 0.6) is 0 Å². The lowest BCUT2D eigenvalue weighted by Crippen LogP contribution is -2.32. The Morgan fingerprint density at radius 1 is 1.53 bits per heavy atom. The third-order valence-electron chi connectivity index (χ3n) is 3.13. The summed E-state index contributed by atoms with van der Waals surface area (Å²) in [5.41, 5.74) is 0.592. The Labute approximate surface area is 112 Å². The second-order valence-electron chi connectivity index (χ2n) is 4.54. The van der Waals surface area contributed by atoms with Gasteiger partial charge in [0, 0.05) is 19.7 Å². The van der Waals surface area contributed by atoms with E-state index in [1.54, 1.807) is 6.07 Å². The lowest BCUT2D eigenvalue weighted by atomic mass is 10.1. The molecule has 1 fully saturated rings. The molecule has 2 rings (SSSR count). The van der Waals surface area contributed by atoms with Crippen LogP contribution in [-0.4, -0.2) is 31.7 Å². The first-order valence-electron chi connectivity index (χ1n) is 6.64. The zero-order chi connectivity index (χ0) is 13.7. The molecule has 0 aliphatic carbocycles. The minimum atomic E-state index is -0.411. The lowest BCUT2D eigenvalue weighted by molar-refractivity contribution is 0.0858. The molecule has 1 aliphatic rings. The molecule has 1 saturated heterocycles. The van der Waals surface area contributed by atoms with Crippen molar-refractivity contribution in [1.29, 1.82) is 0 Å². The predicted molar refractivity (Wildman–Crippen MR) is 71.9 cm³/mol. The van der Waals surface area contributed by atoms with Crippen LogP contribution in [0, 0.1) is 5.82 Å². The van der Waals surface area contributed by atoms with Gasteiger partial charge in [0.1, 0.15) is 5.82 Å². The summed E-state index contributed by atoms with van der Waals surface area (Å²) in [6.07, 6.45) is 2.08. The molecule has 0 bridgehead atoms. The highest BCUT2D eigenvalue weighted by Gasteiger charge is 2.19. The highest BCUT2D eigenvalue weighted by molar-refractivity contribution is 5.99. The van der Waals surface area contributed by atoms with E-state index in [0.29, 0.717) is 18.7 Å². The van der Waals surface area contributed by atoms with Gasteiger partial charge in [0.15, 0.2) is 0 Å². The van der Waals surface area contributed by atoms with Crippen LogP contribution in [0.3, 0.4) is 0 Å². The summed E-state index contributed by atoms with van der Waals surface area (Å²) in [5.74, 6) is -0.683. The van der Waals surface area contributed by atoms with Gasteiger partial charge in [0.2, 0.25) is 0 Å². The van der Waals surface area contributed by atoms with Gasteiger partial charge in [0.05, 0.1) is 17.4 Å². The van der Waals surface area contributed by atoms with E-state index >= 15 is 0 Å². The van der Waals surface area contributed by atoms with Gasteiger partial charge in [-0.1, -0.05) is 6.07 Å². The van der Waals surface area contributed by atoms with Gasteiger partial charge in [-0.05, 0) is 31.9 Å². The summed E-state index contributed by atoms with van der Waals surface area (Å²) >= 11 is 0. The molecule has 2 N–H and O–H groups in total. The van der Waals surface area contributed by atoms with Gasteiger partial charge in [-0.25, -0.2) is 4.39 Å². The molecule has 1 amide bonds. The van der Waals surface area contributed by atoms with Gasteiger partial charge in [-0.2, -0.15) is 0 Å². The van der Waals surface area contributed by atoms with Crippen molar-refractivity contribution in [3.05, 3.63) is 29.6 Å². The fraction of sp³-hybridized carbons (Fsp3) is 0.500. The van der Waals surface area contributed by atoms with E-state index in [-0.39, 0.29) is 17.7 Å². The molecule has 104 valence electrons. The molecule has 5 heteroatoms. The van der Waals surface area contributed by atoms with Crippen molar-refractivity contribution >= 4 is 11.6 Å². The quantitative estimate of drug-likeness (QED) is 0.858. The van der Waals surface area contributed by atoms with Crippen molar-refractivity contribution in [2.24, 2.45) is 0 Å². The normalized spacial score (nSPS) is 18.3. The van der Waals surface area contributed by atoms with Crippen LogP contribution >= 0.6 is 0 Å². The highest BCUT2D eigenvalue weighted by Crippen LogP contribution is 2.20. The second-order valence-corrected chi connectivity index (χ2v) is 4.54. The number of nitrogens with one attached hydrogen (secondary N) is 2. The molecule has 1 aliphatic heterocycles. The first kappa shape index (κ1) is 13.8. The van der Waals surface area contributed by atoms with Crippen LogP contribution in [0.2, 0.25) is 0 Å². The summed E-state index contributed by atoms with van der Waals surface area (Å²) in [4.78, 5) is 12.1. The third-order valence-corrected chi connectivity index (χ3v) is 3.13. The number of hydrogen-bond acceptors (Lipinski definition) is 3. The van der Waals surface area contributed by atoms with Crippen molar-refractivity contribution < 1.29 is 13.9 Å². The van der Waals surface area contributed by atoms with E-state index in [1.165, 1.54) is 12.1 Å². The average molecular weight is 266 g/mol. The number of amides is 1. The third kappa shape index (κ3) is 3.44. The number of para-hydroxylation sites is 1. The Balaban J connectivity index is 2.03. The summed E-state index contributed by atoms with van der Waals surface area (Å²) in [7, 11) is 0. The van der Waals surface area contributed by atoms with Crippen molar-refractivity contribution in [2.45, 2.75) is 25.9 Å². The van der Waals surface area contributed by atoms with E-state index in [9.17, 15) is 9.18 Å². The first-order chi connectivity index (χ1) is 9.22. The molecule has 19 heavy (non-hydrogen) atoms. The molecule has 1 heterocycles. The number of hydrogen-bond donors (Lipinski definition) is 2. The minimum absolute atomic E-state index is 0.0834. The van der Waals surface area contributed by atoms with Gasteiger partial charge in [-0.15, -0.1) is 0 Å². The Morgan fingerprint density at radius 2 is 2.37 bits per heavy atom. The SMILES string of the molecule is CCNc1c(F)cccc1C(=O)NCC1CCCO1. The van der Waals surface area contributed by atoms with Crippen molar-refractivity contribution in [2.75, 3.05) is 25.0 Å². The van der Waals surface area contributed by atoms with Crippen LogP contribution in [0.25, 0.3) is 0 Å². The van der Waals surface area contributed by atoms with Crippen molar-refractivity contribution in [1.82, 2.24) is 5.32 Å². The number of carbonyl (C=O) groups excluding carboxylic acids is 1. The lowest BCUT2D eigenvalue weighted by Gasteiger charge is -2.14. The van der Waals surface area contributed by atoms with E-state index in [0.717, 1.165) is 19.4 Å². The minimum Gasteiger partial charge on any atom is -0.382 e. The molecule has 4 nitrogen and oxygen atoms in total. The molecule has 1 aromatic rings.